The third-order valence-electron chi connectivity index (χ3n) is 1.53. The van der Waals surface area contributed by atoms with Gasteiger partial charge in [0.25, 0.3) is 0 Å². The number of carbonyl (C=O) groups excluding carboxylic acids is 1. The van der Waals surface area contributed by atoms with E-state index in [4.69, 9.17) is 0 Å². The monoisotopic (exact) mass is 245 g/mol. The van der Waals surface area contributed by atoms with Gasteiger partial charge in [-0.1, -0.05) is 6.58 Å². The van der Waals surface area contributed by atoms with Gasteiger partial charge in [0.15, 0.2) is 0 Å². The molecule has 0 aromatic rings. The zero-order valence-electron chi connectivity index (χ0n) is 8.89. The van der Waals surface area contributed by atoms with Gasteiger partial charge in [-0.15, -0.1) is 0 Å². The average molecular weight is 245 g/mol. The Kier molecular flexibility index (Phi) is 8.58. The summed E-state index contributed by atoms with van der Waals surface area (Å²) in [6.07, 6.45) is 0.121. The molecule has 0 fully saturated rings. The number of hydrogen-bond acceptors (Lipinski definition) is 5. The Hall–Kier alpha value is 0.0800. The molecule has 0 saturated heterocycles. The van der Waals surface area contributed by atoms with Crippen molar-refractivity contribution in [1.82, 2.24) is 5.32 Å². The average Bonchev–Trinajstić information content (AvgIpc) is 2.00. The van der Waals surface area contributed by atoms with Crippen LogP contribution in [0, 0.1) is 0 Å². The van der Waals surface area contributed by atoms with E-state index in [0.29, 0.717) is 0 Å². The van der Waals surface area contributed by atoms with Crippen LogP contribution in [0.25, 0.3) is 0 Å². The Bertz CT molecular complexity index is 315. The van der Waals surface area contributed by atoms with Gasteiger partial charge in [0.2, 0.25) is 16.3 Å². The van der Waals surface area contributed by atoms with Crippen molar-refractivity contribution in [2.75, 3.05) is 0 Å². The van der Waals surface area contributed by atoms with E-state index in [1.165, 1.54) is 13.8 Å². The van der Waals surface area contributed by atoms with E-state index < -0.39 is 28.5 Å². The first-order valence-corrected chi connectivity index (χ1v) is 5.16. The molecule has 1 amide bonds. The number of carbonyl (C=O) groups is 1. The van der Waals surface area contributed by atoms with Crippen molar-refractivity contribution in [1.29, 1.82) is 0 Å². The molecule has 0 aliphatic carbocycles. The van der Waals surface area contributed by atoms with Crippen LogP contribution in [0.2, 0.25) is 0 Å². The molecule has 15 heavy (non-hydrogen) atoms. The maximum Gasteiger partial charge on any atom is 1.00 e. The smallest absolute Gasteiger partial charge is 0.726 e. The molecular formula is C7H12NNaO5S. The molecular weight excluding hydrogens is 233 g/mol. The van der Waals surface area contributed by atoms with E-state index in [-0.39, 0.29) is 29.6 Å². The molecule has 2 atom stereocenters. The maximum absolute atomic E-state index is 10.8. The van der Waals surface area contributed by atoms with Crippen LogP contribution in [0.1, 0.15) is 13.8 Å². The number of rotatable bonds is 5. The normalized spacial score (nSPS) is 14.6. The van der Waals surface area contributed by atoms with Crippen LogP contribution in [0.3, 0.4) is 0 Å². The first kappa shape index (κ1) is 17.5. The first-order valence-electron chi connectivity index (χ1n) is 3.83. The summed E-state index contributed by atoms with van der Waals surface area (Å²) in [5.41, 5.74) is 0. The van der Waals surface area contributed by atoms with Gasteiger partial charge in [0, 0.05) is 0 Å². The molecule has 0 aliphatic heterocycles. The van der Waals surface area contributed by atoms with E-state index >= 15 is 0 Å². The zero-order valence-corrected chi connectivity index (χ0v) is 11.7. The fourth-order valence-electron chi connectivity index (χ4n) is 0.670. The van der Waals surface area contributed by atoms with Crippen molar-refractivity contribution >= 4 is 16.3 Å². The van der Waals surface area contributed by atoms with Crippen LogP contribution in [0.5, 0.6) is 0 Å². The molecule has 0 rings (SSSR count). The summed E-state index contributed by atoms with van der Waals surface area (Å²) in [5.74, 6) is -0.462. The molecule has 1 N–H and O–H groups in total. The molecule has 8 heteroatoms. The van der Waals surface area contributed by atoms with E-state index in [2.05, 4.69) is 16.1 Å². The van der Waals surface area contributed by atoms with Gasteiger partial charge in [-0.25, -0.2) is 8.42 Å². The van der Waals surface area contributed by atoms with Crippen molar-refractivity contribution in [2.24, 2.45) is 0 Å². The fraction of sp³-hybridized carbons (Fsp3) is 0.571. The molecule has 6 nitrogen and oxygen atoms in total. The molecule has 0 aromatic heterocycles. The third kappa shape index (κ3) is 9.04. The van der Waals surface area contributed by atoms with Gasteiger partial charge in [-0.2, -0.15) is 0 Å². The summed E-state index contributed by atoms with van der Waals surface area (Å²) in [6.45, 7) is 6.09. The molecule has 82 valence electrons. The Balaban J connectivity index is 0. The second-order valence-electron chi connectivity index (χ2n) is 2.71. The van der Waals surface area contributed by atoms with Crippen LogP contribution >= 0.6 is 0 Å². The van der Waals surface area contributed by atoms with E-state index in [1.807, 2.05) is 0 Å². The van der Waals surface area contributed by atoms with E-state index in [0.717, 1.165) is 6.08 Å². The van der Waals surface area contributed by atoms with Crippen molar-refractivity contribution in [3.8, 4) is 0 Å². The van der Waals surface area contributed by atoms with Crippen molar-refractivity contribution in [3.05, 3.63) is 12.7 Å². The predicted molar refractivity (Wildman–Crippen MR) is 48.0 cm³/mol. The predicted octanol–water partition coefficient (Wildman–Crippen LogP) is -3.45. The van der Waals surface area contributed by atoms with Gasteiger partial charge < -0.3 is 9.87 Å². The molecule has 0 heterocycles. The van der Waals surface area contributed by atoms with Crippen LogP contribution in [-0.2, 0) is 19.4 Å². The van der Waals surface area contributed by atoms with Crippen LogP contribution in [0.4, 0.5) is 0 Å². The molecule has 0 radical (unpaired) electrons. The quantitative estimate of drug-likeness (QED) is 0.235. The minimum atomic E-state index is -4.74. The van der Waals surface area contributed by atoms with Crippen molar-refractivity contribution in [3.63, 3.8) is 0 Å². The molecule has 0 spiro atoms. The zero-order chi connectivity index (χ0) is 11.4. The van der Waals surface area contributed by atoms with E-state index in [1.54, 1.807) is 0 Å². The molecule has 0 aliphatic rings. The van der Waals surface area contributed by atoms with Crippen LogP contribution in [0.15, 0.2) is 12.7 Å². The summed E-state index contributed by atoms with van der Waals surface area (Å²) < 4.78 is 34.7. The van der Waals surface area contributed by atoms with Gasteiger partial charge in [0.1, 0.15) is 0 Å². The molecule has 2 unspecified atom stereocenters. The largest absolute Gasteiger partial charge is 1.00 e. The molecule has 0 aromatic carbocycles. The summed E-state index contributed by atoms with van der Waals surface area (Å²) in [6, 6.07) is -0.593. The first-order chi connectivity index (χ1) is 6.26. The van der Waals surface area contributed by atoms with Gasteiger partial charge in [-0.3, -0.25) is 8.98 Å². The number of nitrogens with one attached hydrogen (secondary N) is 1. The summed E-state index contributed by atoms with van der Waals surface area (Å²) >= 11 is 0. The summed E-state index contributed by atoms with van der Waals surface area (Å²) in [5, 5.41) is 2.37. The van der Waals surface area contributed by atoms with Crippen molar-refractivity contribution < 1.29 is 51.5 Å². The Morgan fingerprint density at radius 1 is 1.53 bits per heavy atom. The summed E-state index contributed by atoms with van der Waals surface area (Å²) in [4.78, 5) is 10.8. The van der Waals surface area contributed by atoms with Gasteiger partial charge in [0.05, 0.1) is 12.1 Å². The maximum atomic E-state index is 10.8. The minimum absolute atomic E-state index is 0. The third-order valence-corrected chi connectivity index (χ3v) is 2.07. The fourth-order valence-corrected chi connectivity index (χ4v) is 1.21. The Morgan fingerprint density at radius 3 is 2.33 bits per heavy atom. The standard InChI is InChI=1S/C7H13NO5S.Na/c1-4-7(9)8-5(2)6(3)13-14(10,11)12;/h4-6H,1H2,2-3H3,(H,8,9)(H,10,11,12);/q;+1/p-1. The van der Waals surface area contributed by atoms with Gasteiger partial charge >= 0.3 is 29.6 Å². The molecule has 0 bridgehead atoms. The van der Waals surface area contributed by atoms with Crippen LogP contribution in [-0.4, -0.2) is 31.0 Å². The molecule has 0 saturated carbocycles. The topological polar surface area (TPSA) is 95.5 Å². The number of amides is 1. The van der Waals surface area contributed by atoms with E-state index in [9.17, 15) is 17.8 Å². The SMILES string of the molecule is C=CC(=O)NC(C)C(C)OS(=O)(=O)[O-].[Na+]. The van der Waals surface area contributed by atoms with Gasteiger partial charge in [-0.05, 0) is 19.9 Å². The van der Waals surface area contributed by atoms with Crippen LogP contribution < -0.4 is 34.9 Å². The second kappa shape index (κ2) is 7.37. The number of hydrogen-bond donors (Lipinski definition) is 1. The Labute approximate surface area is 111 Å². The second-order valence-corrected chi connectivity index (χ2v) is 3.72. The minimum Gasteiger partial charge on any atom is -0.726 e. The Morgan fingerprint density at radius 2 is 2.00 bits per heavy atom. The van der Waals surface area contributed by atoms with Crippen molar-refractivity contribution in [2.45, 2.75) is 26.0 Å². The summed E-state index contributed by atoms with van der Waals surface area (Å²) in [7, 11) is -4.74.